The topological polar surface area (TPSA) is 52.7 Å². The molecular formula is C15H19ClFN3O2. The first-order chi connectivity index (χ1) is 10.4. The Morgan fingerprint density at radius 3 is 2.91 bits per heavy atom. The number of benzene rings is 1. The average Bonchev–Trinajstić information content (AvgIpc) is 2.46. The summed E-state index contributed by atoms with van der Waals surface area (Å²) in [6.45, 7) is 0.787. The SMILES string of the molecule is CN1C[C@H](NC(=O)N(C)Cc2ccc(Cl)c(F)c2)CCC1=O. The van der Waals surface area contributed by atoms with Crippen LogP contribution in [0.5, 0.6) is 0 Å². The number of carbonyl (C=O) groups is 2. The minimum atomic E-state index is -0.500. The Morgan fingerprint density at radius 2 is 2.27 bits per heavy atom. The maximum Gasteiger partial charge on any atom is 0.317 e. The number of halogens is 2. The van der Waals surface area contributed by atoms with Gasteiger partial charge in [0.25, 0.3) is 0 Å². The zero-order chi connectivity index (χ0) is 16.3. The molecule has 1 heterocycles. The Bertz CT molecular complexity index is 582. The van der Waals surface area contributed by atoms with Crippen molar-refractivity contribution in [3.63, 3.8) is 0 Å². The van der Waals surface area contributed by atoms with Crippen molar-refractivity contribution in [2.75, 3.05) is 20.6 Å². The Labute approximate surface area is 134 Å². The van der Waals surface area contributed by atoms with Crippen LogP contribution < -0.4 is 5.32 Å². The smallest absolute Gasteiger partial charge is 0.317 e. The molecule has 1 fully saturated rings. The van der Waals surface area contributed by atoms with Gasteiger partial charge in [0.1, 0.15) is 5.82 Å². The van der Waals surface area contributed by atoms with Crippen LogP contribution in [-0.4, -0.2) is 48.4 Å². The van der Waals surface area contributed by atoms with Crippen molar-refractivity contribution in [1.82, 2.24) is 15.1 Å². The number of amides is 3. The molecule has 5 nitrogen and oxygen atoms in total. The third kappa shape index (κ3) is 4.10. The van der Waals surface area contributed by atoms with Crippen molar-refractivity contribution >= 4 is 23.5 Å². The van der Waals surface area contributed by atoms with Crippen LogP contribution in [0.1, 0.15) is 18.4 Å². The van der Waals surface area contributed by atoms with Crippen LogP contribution >= 0.6 is 11.6 Å². The van der Waals surface area contributed by atoms with Gasteiger partial charge in [-0.1, -0.05) is 17.7 Å². The second-order valence-corrected chi connectivity index (χ2v) is 5.97. The van der Waals surface area contributed by atoms with Gasteiger partial charge in [0.2, 0.25) is 5.91 Å². The van der Waals surface area contributed by atoms with Crippen molar-refractivity contribution in [2.45, 2.75) is 25.4 Å². The predicted octanol–water partition coefficient (Wildman–Crippen LogP) is 2.24. The molecule has 22 heavy (non-hydrogen) atoms. The quantitative estimate of drug-likeness (QED) is 0.925. The minimum absolute atomic E-state index is 0.0559. The largest absolute Gasteiger partial charge is 0.344 e. The van der Waals surface area contributed by atoms with Gasteiger partial charge in [-0.15, -0.1) is 0 Å². The van der Waals surface area contributed by atoms with Crippen LogP contribution in [0.15, 0.2) is 18.2 Å². The van der Waals surface area contributed by atoms with Crippen LogP contribution in [0.4, 0.5) is 9.18 Å². The summed E-state index contributed by atoms with van der Waals surface area (Å²) in [6.07, 6.45) is 1.08. The van der Waals surface area contributed by atoms with E-state index in [1.165, 1.54) is 17.0 Å². The summed E-state index contributed by atoms with van der Waals surface area (Å²) in [4.78, 5) is 26.6. The summed E-state index contributed by atoms with van der Waals surface area (Å²) < 4.78 is 13.4. The van der Waals surface area contributed by atoms with E-state index in [1.807, 2.05) is 0 Å². The average molecular weight is 328 g/mol. The van der Waals surface area contributed by atoms with E-state index in [2.05, 4.69) is 5.32 Å². The van der Waals surface area contributed by atoms with Gasteiger partial charge < -0.3 is 15.1 Å². The number of urea groups is 1. The lowest BCUT2D eigenvalue weighted by atomic mass is 10.1. The maximum absolute atomic E-state index is 13.4. The van der Waals surface area contributed by atoms with Crippen molar-refractivity contribution in [3.8, 4) is 0 Å². The van der Waals surface area contributed by atoms with Gasteiger partial charge >= 0.3 is 6.03 Å². The summed E-state index contributed by atoms with van der Waals surface area (Å²) in [7, 11) is 3.36. The van der Waals surface area contributed by atoms with Crippen molar-refractivity contribution in [1.29, 1.82) is 0 Å². The molecule has 7 heteroatoms. The second kappa shape index (κ2) is 6.96. The lowest BCUT2D eigenvalue weighted by Crippen LogP contribution is -2.51. The maximum atomic E-state index is 13.4. The van der Waals surface area contributed by atoms with Crippen molar-refractivity contribution in [3.05, 3.63) is 34.6 Å². The van der Waals surface area contributed by atoms with Crippen LogP contribution in [0, 0.1) is 5.82 Å². The molecule has 0 radical (unpaired) electrons. The highest BCUT2D eigenvalue weighted by Crippen LogP contribution is 2.16. The van der Waals surface area contributed by atoms with Crippen LogP contribution in [-0.2, 0) is 11.3 Å². The third-order valence-electron chi connectivity index (χ3n) is 3.70. The second-order valence-electron chi connectivity index (χ2n) is 5.56. The summed E-state index contributed by atoms with van der Waals surface area (Å²) in [6, 6.07) is 4.17. The molecule has 1 atom stereocenters. The van der Waals surface area contributed by atoms with Gasteiger partial charge in [0.15, 0.2) is 0 Å². The summed E-state index contributed by atoms with van der Waals surface area (Å²) in [5.74, 6) is -0.407. The molecule has 0 bridgehead atoms. The van der Waals surface area contributed by atoms with Crippen LogP contribution in [0.25, 0.3) is 0 Å². The van der Waals surface area contributed by atoms with Gasteiger partial charge in [0, 0.05) is 39.6 Å². The van der Waals surface area contributed by atoms with Crippen molar-refractivity contribution in [2.24, 2.45) is 0 Å². The lowest BCUT2D eigenvalue weighted by Gasteiger charge is -2.31. The number of rotatable bonds is 3. The zero-order valence-corrected chi connectivity index (χ0v) is 13.4. The van der Waals surface area contributed by atoms with Gasteiger partial charge in [-0.25, -0.2) is 9.18 Å². The summed E-state index contributed by atoms with van der Waals surface area (Å²) in [5, 5.41) is 2.95. The lowest BCUT2D eigenvalue weighted by molar-refractivity contribution is -0.132. The molecule has 1 aromatic carbocycles. The number of hydrogen-bond donors (Lipinski definition) is 1. The molecule has 1 aliphatic rings. The van der Waals surface area contributed by atoms with E-state index in [1.54, 1.807) is 25.1 Å². The van der Waals surface area contributed by atoms with Crippen molar-refractivity contribution < 1.29 is 14.0 Å². The molecule has 0 saturated carbocycles. The molecule has 0 aromatic heterocycles. The molecule has 120 valence electrons. The fourth-order valence-electron chi connectivity index (χ4n) is 2.40. The standard InChI is InChI=1S/C15H19ClFN3O2/c1-19-9-11(4-6-14(19)21)18-15(22)20(2)8-10-3-5-12(16)13(17)7-10/h3,5,7,11H,4,6,8-9H2,1-2H3,(H,18,22)/t11-/m1/s1. The number of carbonyl (C=O) groups excluding carboxylic acids is 2. The molecule has 1 aliphatic heterocycles. The third-order valence-corrected chi connectivity index (χ3v) is 4.01. The summed E-state index contributed by atoms with van der Waals surface area (Å²) in [5.41, 5.74) is 0.662. The molecule has 1 saturated heterocycles. The molecule has 0 unspecified atom stereocenters. The Balaban J connectivity index is 1.89. The van der Waals surface area contributed by atoms with E-state index in [-0.39, 0.29) is 29.5 Å². The monoisotopic (exact) mass is 327 g/mol. The first-order valence-electron chi connectivity index (χ1n) is 7.06. The molecule has 0 aliphatic carbocycles. The van der Waals surface area contributed by atoms with E-state index in [0.717, 1.165) is 0 Å². The number of nitrogens with one attached hydrogen (secondary N) is 1. The molecule has 0 spiro atoms. The van der Waals surface area contributed by atoms with Gasteiger partial charge in [-0.3, -0.25) is 4.79 Å². The molecule has 1 aromatic rings. The van der Waals surface area contributed by atoms with Gasteiger partial charge in [-0.05, 0) is 24.1 Å². The predicted molar refractivity (Wildman–Crippen MR) is 82.1 cm³/mol. The number of nitrogens with zero attached hydrogens (tertiary/aromatic N) is 2. The molecule has 1 N–H and O–H groups in total. The molecule has 3 amide bonds. The van der Waals surface area contributed by atoms with Gasteiger partial charge in [-0.2, -0.15) is 0 Å². The first kappa shape index (κ1) is 16.5. The first-order valence-corrected chi connectivity index (χ1v) is 7.44. The van der Waals surface area contributed by atoms with Gasteiger partial charge in [0.05, 0.1) is 5.02 Å². The number of likely N-dealkylation sites (tertiary alicyclic amines) is 1. The van der Waals surface area contributed by atoms with E-state index in [0.29, 0.717) is 24.9 Å². The van der Waals surface area contributed by atoms with Crippen LogP contribution in [0.2, 0.25) is 5.02 Å². The summed E-state index contributed by atoms with van der Waals surface area (Å²) >= 11 is 5.63. The fraction of sp³-hybridized carbons (Fsp3) is 0.467. The number of hydrogen-bond acceptors (Lipinski definition) is 2. The van der Waals surface area contributed by atoms with E-state index < -0.39 is 5.82 Å². The van der Waals surface area contributed by atoms with E-state index >= 15 is 0 Å². The zero-order valence-electron chi connectivity index (χ0n) is 12.6. The molecule has 2 rings (SSSR count). The highest BCUT2D eigenvalue weighted by molar-refractivity contribution is 6.30. The number of likely N-dealkylation sites (N-methyl/N-ethyl adjacent to an activating group) is 1. The Kier molecular flexibility index (Phi) is 5.24. The highest BCUT2D eigenvalue weighted by Gasteiger charge is 2.24. The molecular weight excluding hydrogens is 309 g/mol. The number of piperidine rings is 1. The van der Waals surface area contributed by atoms with E-state index in [9.17, 15) is 14.0 Å². The Morgan fingerprint density at radius 1 is 1.55 bits per heavy atom. The Hall–Kier alpha value is -1.82. The van der Waals surface area contributed by atoms with Crippen LogP contribution in [0.3, 0.4) is 0 Å². The normalized spacial score (nSPS) is 18.3. The van der Waals surface area contributed by atoms with E-state index in [4.69, 9.17) is 11.6 Å². The highest BCUT2D eigenvalue weighted by atomic mass is 35.5. The minimum Gasteiger partial charge on any atom is -0.344 e. The fourth-order valence-corrected chi connectivity index (χ4v) is 2.52.